The smallest absolute Gasteiger partial charge is 0.240 e. The second-order valence-electron chi connectivity index (χ2n) is 4.56. The van der Waals surface area contributed by atoms with Gasteiger partial charge in [0.25, 0.3) is 0 Å². The fourth-order valence-electron chi connectivity index (χ4n) is 1.53. The van der Waals surface area contributed by atoms with Crippen LogP contribution in [0.3, 0.4) is 0 Å². The van der Waals surface area contributed by atoms with E-state index in [1.54, 1.807) is 26.0 Å². The van der Waals surface area contributed by atoms with Crippen molar-refractivity contribution in [2.75, 3.05) is 18.9 Å². The lowest BCUT2D eigenvalue weighted by Gasteiger charge is -2.14. The van der Waals surface area contributed by atoms with Gasteiger partial charge in [-0.1, -0.05) is 13.0 Å². The first kappa shape index (κ1) is 14.9. The number of nitrogens with two attached hydrogens (primary N) is 1. The highest BCUT2D eigenvalue weighted by Crippen LogP contribution is 2.23. The van der Waals surface area contributed by atoms with Crippen LogP contribution in [-0.2, 0) is 10.0 Å². The van der Waals surface area contributed by atoms with E-state index in [2.05, 4.69) is 4.72 Å². The first-order valence-corrected chi connectivity index (χ1v) is 7.24. The van der Waals surface area contributed by atoms with Crippen LogP contribution in [0.2, 0.25) is 0 Å². The standard InChI is InChI=1S/C12H20N2O3S/c1-8(7-15)6-14-18(16,17)11-5-4-9(2)12(13)10(11)3/h4-5,8,14-15H,6-7,13H2,1-3H3. The summed E-state index contributed by atoms with van der Waals surface area (Å²) in [5.41, 5.74) is 7.73. The largest absolute Gasteiger partial charge is 0.398 e. The van der Waals surface area contributed by atoms with Gasteiger partial charge in [0, 0.05) is 18.8 Å². The first-order chi connectivity index (χ1) is 8.29. The van der Waals surface area contributed by atoms with Crippen molar-refractivity contribution in [3.05, 3.63) is 23.3 Å². The molecule has 1 atom stereocenters. The highest BCUT2D eigenvalue weighted by Gasteiger charge is 2.19. The summed E-state index contributed by atoms with van der Waals surface area (Å²) in [6.07, 6.45) is 0. The predicted molar refractivity (Wildman–Crippen MR) is 71.8 cm³/mol. The van der Waals surface area contributed by atoms with Gasteiger partial charge in [0.2, 0.25) is 10.0 Å². The summed E-state index contributed by atoms with van der Waals surface area (Å²) < 4.78 is 26.6. The molecule has 0 heterocycles. The number of aliphatic hydroxyl groups excluding tert-OH is 1. The van der Waals surface area contributed by atoms with Crippen LogP contribution in [0.1, 0.15) is 18.1 Å². The third-order valence-corrected chi connectivity index (χ3v) is 4.47. The van der Waals surface area contributed by atoms with Gasteiger partial charge in [-0.3, -0.25) is 0 Å². The zero-order valence-corrected chi connectivity index (χ0v) is 11.7. The van der Waals surface area contributed by atoms with Gasteiger partial charge >= 0.3 is 0 Å². The van der Waals surface area contributed by atoms with Crippen molar-refractivity contribution in [1.82, 2.24) is 4.72 Å². The second-order valence-corrected chi connectivity index (χ2v) is 6.29. The second kappa shape index (κ2) is 5.69. The number of hydrogen-bond acceptors (Lipinski definition) is 4. The van der Waals surface area contributed by atoms with Crippen molar-refractivity contribution in [3.8, 4) is 0 Å². The Labute approximate surface area is 108 Å². The third kappa shape index (κ3) is 3.22. The molecule has 0 spiro atoms. The van der Waals surface area contributed by atoms with E-state index >= 15 is 0 Å². The topological polar surface area (TPSA) is 92.4 Å². The number of rotatable bonds is 5. The summed E-state index contributed by atoms with van der Waals surface area (Å²) in [5.74, 6) is -0.122. The van der Waals surface area contributed by atoms with Gasteiger partial charge in [0.05, 0.1) is 4.90 Å². The Morgan fingerprint density at radius 2 is 2.00 bits per heavy atom. The van der Waals surface area contributed by atoms with Crippen molar-refractivity contribution in [3.63, 3.8) is 0 Å². The summed E-state index contributed by atoms with van der Waals surface area (Å²) in [5, 5.41) is 8.88. The monoisotopic (exact) mass is 272 g/mol. The average Bonchev–Trinajstić information content (AvgIpc) is 2.32. The highest BCUT2D eigenvalue weighted by molar-refractivity contribution is 7.89. The van der Waals surface area contributed by atoms with Crippen LogP contribution in [-0.4, -0.2) is 26.7 Å². The number of anilines is 1. The van der Waals surface area contributed by atoms with Crippen LogP contribution in [0, 0.1) is 19.8 Å². The molecule has 18 heavy (non-hydrogen) atoms. The Morgan fingerprint density at radius 1 is 1.39 bits per heavy atom. The quantitative estimate of drug-likeness (QED) is 0.691. The first-order valence-electron chi connectivity index (χ1n) is 5.75. The fraction of sp³-hybridized carbons (Fsp3) is 0.500. The zero-order chi connectivity index (χ0) is 13.9. The predicted octanol–water partition coefficient (Wildman–Crippen LogP) is 0.792. The molecule has 5 nitrogen and oxygen atoms in total. The number of benzene rings is 1. The average molecular weight is 272 g/mol. The molecule has 1 rings (SSSR count). The number of aliphatic hydroxyl groups is 1. The van der Waals surface area contributed by atoms with E-state index < -0.39 is 10.0 Å². The van der Waals surface area contributed by atoms with Crippen molar-refractivity contribution in [2.24, 2.45) is 5.92 Å². The minimum atomic E-state index is -3.58. The zero-order valence-electron chi connectivity index (χ0n) is 10.9. The van der Waals surface area contributed by atoms with Gasteiger partial charge in [-0.25, -0.2) is 13.1 Å². The van der Waals surface area contributed by atoms with Crippen LogP contribution in [0.15, 0.2) is 17.0 Å². The SMILES string of the molecule is Cc1ccc(S(=O)(=O)NCC(C)CO)c(C)c1N. The minimum Gasteiger partial charge on any atom is -0.398 e. The van der Waals surface area contributed by atoms with E-state index in [9.17, 15) is 8.42 Å². The van der Waals surface area contributed by atoms with Gasteiger partial charge in [-0.2, -0.15) is 0 Å². The molecule has 0 bridgehead atoms. The number of nitrogens with one attached hydrogen (secondary N) is 1. The molecule has 0 saturated heterocycles. The lowest BCUT2D eigenvalue weighted by molar-refractivity contribution is 0.238. The summed E-state index contributed by atoms with van der Waals surface area (Å²) in [4.78, 5) is 0.190. The molecule has 1 aromatic carbocycles. The van der Waals surface area contributed by atoms with E-state index in [1.165, 1.54) is 0 Å². The molecule has 0 saturated carbocycles. The summed E-state index contributed by atoms with van der Waals surface area (Å²) in [7, 11) is -3.58. The number of hydrogen-bond donors (Lipinski definition) is 3. The van der Waals surface area contributed by atoms with E-state index in [-0.39, 0.29) is 24.0 Å². The van der Waals surface area contributed by atoms with Crippen LogP contribution in [0.4, 0.5) is 5.69 Å². The lowest BCUT2D eigenvalue weighted by atomic mass is 10.1. The van der Waals surface area contributed by atoms with Crippen molar-refractivity contribution in [2.45, 2.75) is 25.7 Å². The summed E-state index contributed by atoms with van der Waals surface area (Å²) >= 11 is 0. The molecule has 0 aromatic heterocycles. The van der Waals surface area contributed by atoms with E-state index in [1.807, 2.05) is 6.92 Å². The molecule has 0 amide bonds. The van der Waals surface area contributed by atoms with Gasteiger partial charge in [0.15, 0.2) is 0 Å². The molecule has 6 heteroatoms. The molecule has 1 unspecified atom stereocenters. The van der Waals surface area contributed by atoms with Crippen LogP contribution < -0.4 is 10.5 Å². The lowest BCUT2D eigenvalue weighted by Crippen LogP contribution is -2.30. The Morgan fingerprint density at radius 3 is 2.56 bits per heavy atom. The maximum absolute atomic E-state index is 12.1. The molecular formula is C12H20N2O3S. The maximum Gasteiger partial charge on any atom is 0.240 e. The van der Waals surface area contributed by atoms with Gasteiger partial charge in [-0.05, 0) is 37.0 Å². The Kier molecular flexibility index (Phi) is 4.72. The molecule has 102 valence electrons. The summed E-state index contributed by atoms with van der Waals surface area (Å²) in [6, 6.07) is 3.24. The molecule has 0 aliphatic heterocycles. The molecule has 0 aliphatic rings. The number of nitrogen functional groups attached to an aromatic ring is 1. The van der Waals surface area contributed by atoms with Crippen molar-refractivity contribution < 1.29 is 13.5 Å². The molecule has 1 aromatic rings. The van der Waals surface area contributed by atoms with E-state index in [4.69, 9.17) is 10.8 Å². The highest BCUT2D eigenvalue weighted by atomic mass is 32.2. The number of sulfonamides is 1. The van der Waals surface area contributed by atoms with Crippen LogP contribution in [0.25, 0.3) is 0 Å². The molecular weight excluding hydrogens is 252 g/mol. The fourth-order valence-corrected chi connectivity index (χ4v) is 2.95. The molecule has 0 radical (unpaired) electrons. The van der Waals surface area contributed by atoms with Crippen LogP contribution in [0.5, 0.6) is 0 Å². The van der Waals surface area contributed by atoms with Crippen LogP contribution >= 0.6 is 0 Å². The van der Waals surface area contributed by atoms with Gasteiger partial charge < -0.3 is 10.8 Å². The van der Waals surface area contributed by atoms with E-state index in [0.29, 0.717) is 11.3 Å². The minimum absolute atomic E-state index is 0.0580. The van der Waals surface area contributed by atoms with Crippen molar-refractivity contribution in [1.29, 1.82) is 0 Å². The Balaban J connectivity index is 3.03. The van der Waals surface area contributed by atoms with Gasteiger partial charge in [-0.15, -0.1) is 0 Å². The Bertz CT molecular complexity index is 526. The van der Waals surface area contributed by atoms with Gasteiger partial charge in [0.1, 0.15) is 0 Å². The molecule has 4 N–H and O–H groups in total. The van der Waals surface area contributed by atoms with Crippen molar-refractivity contribution >= 4 is 15.7 Å². The number of aryl methyl sites for hydroxylation is 1. The normalized spacial score (nSPS) is 13.6. The molecule has 0 aliphatic carbocycles. The molecule has 0 fully saturated rings. The Hall–Kier alpha value is -1.11. The third-order valence-electron chi connectivity index (χ3n) is 2.91. The maximum atomic E-state index is 12.1. The van der Waals surface area contributed by atoms with E-state index in [0.717, 1.165) is 5.56 Å². The summed E-state index contributed by atoms with van der Waals surface area (Å²) in [6.45, 7) is 5.43.